The molecule has 0 unspecified atom stereocenters. The molecule has 0 radical (unpaired) electrons. The van der Waals surface area contributed by atoms with Crippen molar-refractivity contribution in [1.29, 1.82) is 0 Å². The lowest BCUT2D eigenvalue weighted by molar-refractivity contribution is 0.591. The smallest absolute Gasteiger partial charge is 0.166 e. The first-order valence-electron chi connectivity index (χ1n) is 17.6. The van der Waals surface area contributed by atoms with Gasteiger partial charge in [0, 0.05) is 39.2 Å². The monoisotopic (exact) mass is 663 g/mol. The SMILES string of the molecule is CC(C)(C)c1ccc2c3ccc(C(C)(C)C)cc3n(-c3cc(-c4ccccn4)ccc3-c3nc(-c4ccccc4)nc(-c4ccccc4)n3)c2c1. The second kappa shape index (κ2) is 12.4. The zero-order chi connectivity index (χ0) is 35.3. The van der Waals surface area contributed by atoms with E-state index >= 15 is 0 Å². The number of fused-ring (bicyclic) bond motifs is 3. The fourth-order valence-electron chi connectivity index (χ4n) is 6.74. The Morgan fingerprint density at radius 1 is 0.451 bits per heavy atom. The van der Waals surface area contributed by atoms with Crippen LogP contribution < -0.4 is 0 Å². The van der Waals surface area contributed by atoms with Gasteiger partial charge in [0.25, 0.3) is 0 Å². The molecule has 8 aromatic rings. The van der Waals surface area contributed by atoms with Crippen molar-refractivity contribution >= 4 is 21.8 Å². The standard InChI is InChI=1S/C46H41N5/c1-45(2,3)33-21-24-35-36-25-22-34(46(4,5)6)29-41(36)51(40(35)28-33)39-27-32(38-19-13-14-26-47-38)20-23-37(39)44-49-42(30-15-9-7-10-16-30)48-43(50-44)31-17-11-8-12-18-31/h7-29H,1-6H3. The Labute approximate surface area is 299 Å². The number of pyridine rings is 1. The highest BCUT2D eigenvalue weighted by atomic mass is 15.1. The van der Waals surface area contributed by atoms with Crippen LogP contribution in [0.5, 0.6) is 0 Å². The van der Waals surface area contributed by atoms with Gasteiger partial charge in [-0.15, -0.1) is 0 Å². The van der Waals surface area contributed by atoms with Crippen molar-refractivity contribution in [1.82, 2.24) is 24.5 Å². The van der Waals surface area contributed by atoms with Crippen molar-refractivity contribution in [3.63, 3.8) is 0 Å². The lowest BCUT2D eigenvalue weighted by Gasteiger charge is -2.21. The molecule has 0 atom stereocenters. The molecule has 3 heterocycles. The minimum atomic E-state index is -0.0337. The summed E-state index contributed by atoms with van der Waals surface area (Å²) in [6.45, 7) is 13.6. The van der Waals surface area contributed by atoms with E-state index in [-0.39, 0.29) is 10.8 Å². The van der Waals surface area contributed by atoms with Crippen LogP contribution in [0.25, 0.3) is 72.9 Å². The van der Waals surface area contributed by atoms with Gasteiger partial charge in [0.1, 0.15) is 0 Å². The number of benzene rings is 5. The fraction of sp³-hybridized carbons (Fsp3) is 0.174. The molecule has 0 aliphatic carbocycles. The molecule has 0 saturated heterocycles. The van der Waals surface area contributed by atoms with Crippen molar-refractivity contribution in [3.8, 4) is 51.1 Å². The van der Waals surface area contributed by atoms with Crippen LogP contribution in [0.1, 0.15) is 52.7 Å². The molecule has 51 heavy (non-hydrogen) atoms. The first kappa shape index (κ1) is 32.3. The van der Waals surface area contributed by atoms with Crippen LogP contribution in [0.4, 0.5) is 0 Å². The van der Waals surface area contributed by atoms with Gasteiger partial charge in [0.05, 0.1) is 22.4 Å². The van der Waals surface area contributed by atoms with Crippen molar-refractivity contribution in [2.75, 3.05) is 0 Å². The van der Waals surface area contributed by atoms with Gasteiger partial charge >= 0.3 is 0 Å². The van der Waals surface area contributed by atoms with Crippen LogP contribution in [-0.4, -0.2) is 24.5 Å². The summed E-state index contributed by atoms with van der Waals surface area (Å²) < 4.78 is 2.42. The van der Waals surface area contributed by atoms with Gasteiger partial charge in [-0.25, -0.2) is 15.0 Å². The molecule has 250 valence electrons. The van der Waals surface area contributed by atoms with Crippen molar-refractivity contribution < 1.29 is 0 Å². The average molecular weight is 664 g/mol. The summed E-state index contributed by atoms with van der Waals surface area (Å²) in [6, 6.07) is 46.7. The number of rotatable bonds is 5. The molecule has 0 amide bonds. The molecule has 8 rings (SSSR count). The van der Waals surface area contributed by atoms with Gasteiger partial charge < -0.3 is 4.57 Å². The molecule has 0 fully saturated rings. The average Bonchev–Trinajstić information content (AvgIpc) is 3.48. The van der Waals surface area contributed by atoms with E-state index in [1.54, 1.807) is 0 Å². The summed E-state index contributed by atoms with van der Waals surface area (Å²) in [5, 5.41) is 2.41. The predicted octanol–water partition coefficient (Wildman–Crippen LogP) is 11.6. The zero-order valence-corrected chi connectivity index (χ0v) is 30.0. The van der Waals surface area contributed by atoms with E-state index in [0.29, 0.717) is 17.5 Å². The summed E-state index contributed by atoms with van der Waals surface area (Å²) in [5.74, 6) is 1.87. The minimum absolute atomic E-state index is 0.0337. The van der Waals surface area contributed by atoms with E-state index in [2.05, 4.69) is 107 Å². The van der Waals surface area contributed by atoms with Crippen molar-refractivity contribution in [3.05, 3.63) is 151 Å². The van der Waals surface area contributed by atoms with E-state index < -0.39 is 0 Å². The van der Waals surface area contributed by atoms with Crippen LogP contribution in [0.2, 0.25) is 0 Å². The molecule has 5 nitrogen and oxygen atoms in total. The normalized spacial score (nSPS) is 12.1. The highest BCUT2D eigenvalue weighted by molar-refractivity contribution is 6.10. The lowest BCUT2D eigenvalue weighted by atomic mass is 9.86. The Balaban J connectivity index is 1.50. The van der Waals surface area contributed by atoms with E-state index in [1.165, 1.54) is 21.9 Å². The van der Waals surface area contributed by atoms with Crippen molar-refractivity contribution in [2.24, 2.45) is 0 Å². The maximum atomic E-state index is 5.19. The summed E-state index contributed by atoms with van der Waals surface area (Å²) in [6.07, 6.45) is 1.85. The van der Waals surface area contributed by atoms with Crippen LogP contribution >= 0.6 is 0 Å². The molecule has 0 aliphatic rings. The van der Waals surface area contributed by atoms with Crippen LogP contribution in [0, 0.1) is 0 Å². The maximum Gasteiger partial charge on any atom is 0.166 e. The van der Waals surface area contributed by atoms with Gasteiger partial charge in [-0.05, 0) is 58.4 Å². The summed E-state index contributed by atoms with van der Waals surface area (Å²) >= 11 is 0. The number of hydrogen-bond donors (Lipinski definition) is 0. The molecule has 0 saturated carbocycles. The van der Waals surface area contributed by atoms with Crippen LogP contribution in [-0.2, 0) is 10.8 Å². The topological polar surface area (TPSA) is 56.5 Å². The number of nitrogens with zero attached hydrogens (tertiary/aromatic N) is 5. The highest BCUT2D eigenvalue weighted by Crippen LogP contribution is 2.41. The largest absolute Gasteiger partial charge is 0.308 e. The lowest BCUT2D eigenvalue weighted by Crippen LogP contribution is -2.11. The third kappa shape index (κ3) is 6.10. The Hall–Kier alpha value is -5.94. The zero-order valence-electron chi connectivity index (χ0n) is 30.0. The molecule has 3 aromatic heterocycles. The molecular formula is C46H41N5. The molecule has 0 spiro atoms. The Morgan fingerprint density at radius 3 is 1.45 bits per heavy atom. The van der Waals surface area contributed by atoms with Gasteiger partial charge in [0.15, 0.2) is 17.5 Å². The van der Waals surface area contributed by atoms with E-state index in [1.807, 2.05) is 79.0 Å². The van der Waals surface area contributed by atoms with Gasteiger partial charge in [0.2, 0.25) is 0 Å². The first-order valence-corrected chi connectivity index (χ1v) is 17.6. The minimum Gasteiger partial charge on any atom is -0.308 e. The fourth-order valence-corrected chi connectivity index (χ4v) is 6.74. The summed E-state index contributed by atoms with van der Waals surface area (Å²) in [4.78, 5) is 20.1. The van der Waals surface area contributed by atoms with Crippen LogP contribution in [0.15, 0.2) is 140 Å². The quantitative estimate of drug-likeness (QED) is 0.184. The second-order valence-electron chi connectivity index (χ2n) is 15.3. The van der Waals surface area contributed by atoms with E-state index in [4.69, 9.17) is 19.9 Å². The van der Waals surface area contributed by atoms with Gasteiger partial charge in [-0.3, -0.25) is 4.98 Å². The molecule has 5 heteroatoms. The first-order chi connectivity index (χ1) is 24.5. The molecule has 0 N–H and O–H groups in total. The number of hydrogen-bond acceptors (Lipinski definition) is 4. The summed E-state index contributed by atoms with van der Waals surface area (Å²) in [5.41, 5.74) is 10.5. The third-order valence-electron chi connectivity index (χ3n) is 9.64. The van der Waals surface area contributed by atoms with E-state index in [0.717, 1.165) is 44.7 Å². The molecule has 5 aromatic carbocycles. The van der Waals surface area contributed by atoms with Gasteiger partial charge in [-0.1, -0.05) is 139 Å². The summed E-state index contributed by atoms with van der Waals surface area (Å²) in [7, 11) is 0. The Morgan fingerprint density at radius 2 is 0.961 bits per heavy atom. The molecule has 0 aliphatic heterocycles. The Bertz CT molecular complexity index is 2390. The second-order valence-corrected chi connectivity index (χ2v) is 15.3. The Kier molecular flexibility index (Phi) is 7.87. The van der Waals surface area contributed by atoms with Gasteiger partial charge in [-0.2, -0.15) is 0 Å². The predicted molar refractivity (Wildman–Crippen MR) is 211 cm³/mol. The van der Waals surface area contributed by atoms with Crippen molar-refractivity contribution in [2.45, 2.75) is 52.4 Å². The molecular weight excluding hydrogens is 623 g/mol. The third-order valence-corrected chi connectivity index (χ3v) is 9.64. The molecule has 0 bridgehead atoms. The highest BCUT2D eigenvalue weighted by Gasteiger charge is 2.24. The van der Waals surface area contributed by atoms with Crippen LogP contribution in [0.3, 0.4) is 0 Å². The van der Waals surface area contributed by atoms with E-state index in [9.17, 15) is 0 Å². The maximum absolute atomic E-state index is 5.19. The number of aromatic nitrogens is 5.